The summed E-state index contributed by atoms with van der Waals surface area (Å²) in [6.07, 6.45) is 9.96. The zero-order valence-corrected chi connectivity index (χ0v) is 24.1. The Morgan fingerprint density at radius 1 is 0.588 bits per heavy atom. The molecule has 186 valence electrons. The first-order chi connectivity index (χ1) is 16.3. The van der Waals surface area contributed by atoms with Crippen molar-refractivity contribution in [1.82, 2.24) is 0 Å². The van der Waals surface area contributed by atoms with Crippen LogP contribution in [-0.4, -0.2) is 0 Å². The summed E-state index contributed by atoms with van der Waals surface area (Å²) >= 11 is 9.08. The van der Waals surface area contributed by atoms with Gasteiger partial charge in [-0.1, -0.05) is 52.4 Å². The Morgan fingerprint density at radius 2 is 0.941 bits per heavy atom. The number of hydrogen-bond acceptors (Lipinski definition) is 2. The first-order valence-corrected chi connectivity index (χ1v) is 14.9. The molecule has 0 spiro atoms. The number of halogens is 6. The molecule has 2 heterocycles. The molecule has 34 heavy (non-hydrogen) atoms. The van der Waals surface area contributed by atoms with E-state index in [0.29, 0.717) is 0 Å². The highest BCUT2D eigenvalue weighted by atomic mass is 79.9. The molecule has 0 unspecified atom stereocenters. The summed E-state index contributed by atoms with van der Waals surface area (Å²) < 4.78 is 62.1. The van der Waals surface area contributed by atoms with Crippen molar-refractivity contribution >= 4 is 54.5 Å². The van der Waals surface area contributed by atoms with Gasteiger partial charge in [0, 0.05) is 9.75 Å². The van der Waals surface area contributed by atoms with Gasteiger partial charge in [-0.25, -0.2) is 17.6 Å². The molecular weight excluding hydrogens is 612 g/mol. The molecule has 0 bridgehead atoms. The van der Waals surface area contributed by atoms with E-state index in [2.05, 4.69) is 45.7 Å². The van der Waals surface area contributed by atoms with Crippen LogP contribution in [0.2, 0.25) is 0 Å². The monoisotopic (exact) mass is 638 g/mol. The quantitative estimate of drug-likeness (QED) is 0.105. The lowest BCUT2D eigenvalue weighted by molar-refractivity contribution is 0.463. The van der Waals surface area contributed by atoms with Gasteiger partial charge in [0.2, 0.25) is 0 Å². The SMILES string of the molecule is CCCCCCc1cc(-c2c(F)c(F)c(-c3cc(CCCCCC)c(Br)s3)c(F)c2F)sc1Br. The Balaban J connectivity index is 1.93. The molecule has 0 saturated carbocycles. The Labute approximate surface area is 224 Å². The molecular formula is C26H28Br2F4S2. The molecule has 3 rings (SSSR count). The number of aryl methyl sites for hydroxylation is 2. The van der Waals surface area contributed by atoms with E-state index in [9.17, 15) is 0 Å². The molecule has 8 heteroatoms. The third-order valence-corrected chi connectivity index (χ3v) is 9.83. The zero-order valence-electron chi connectivity index (χ0n) is 19.3. The molecule has 0 amide bonds. The molecule has 0 atom stereocenters. The lowest BCUT2D eigenvalue weighted by Crippen LogP contribution is -2.02. The molecule has 0 fully saturated rings. The highest BCUT2D eigenvalue weighted by molar-refractivity contribution is 9.11. The first kappa shape index (κ1) is 27.9. The summed E-state index contributed by atoms with van der Waals surface area (Å²) in [6, 6.07) is 3.27. The van der Waals surface area contributed by atoms with Crippen LogP contribution in [0, 0.1) is 23.3 Å². The van der Waals surface area contributed by atoms with Gasteiger partial charge in [-0.15, -0.1) is 22.7 Å². The van der Waals surface area contributed by atoms with Crippen LogP contribution >= 0.6 is 54.5 Å². The van der Waals surface area contributed by atoms with E-state index in [4.69, 9.17) is 0 Å². The second kappa shape index (κ2) is 13.0. The second-order valence-corrected chi connectivity index (χ2v) is 13.2. The third-order valence-electron chi connectivity index (χ3n) is 5.87. The van der Waals surface area contributed by atoms with Crippen LogP contribution in [0.15, 0.2) is 19.7 Å². The molecule has 0 N–H and O–H groups in total. The van der Waals surface area contributed by atoms with Crippen LogP contribution < -0.4 is 0 Å². The van der Waals surface area contributed by atoms with Crippen LogP contribution in [0.4, 0.5) is 17.6 Å². The van der Waals surface area contributed by atoms with Crippen molar-refractivity contribution in [3.05, 3.63) is 54.1 Å². The van der Waals surface area contributed by atoms with Crippen molar-refractivity contribution in [2.45, 2.75) is 78.1 Å². The molecule has 0 aliphatic carbocycles. The van der Waals surface area contributed by atoms with E-state index in [1.807, 2.05) is 0 Å². The maximum atomic E-state index is 15.2. The molecule has 0 nitrogen and oxygen atoms in total. The van der Waals surface area contributed by atoms with Gasteiger partial charge in [0.05, 0.1) is 18.7 Å². The Kier molecular flexibility index (Phi) is 10.7. The molecule has 2 aromatic heterocycles. The molecule has 0 radical (unpaired) electrons. The Hall–Kier alpha value is -0.700. The normalized spacial score (nSPS) is 11.5. The average Bonchev–Trinajstić information content (AvgIpc) is 3.35. The molecule has 1 aromatic carbocycles. The first-order valence-electron chi connectivity index (χ1n) is 11.7. The minimum atomic E-state index is -1.35. The number of unbranched alkanes of at least 4 members (excludes halogenated alkanes) is 6. The van der Waals surface area contributed by atoms with Gasteiger partial charge in [0.15, 0.2) is 23.3 Å². The van der Waals surface area contributed by atoms with Crippen LogP contribution in [0.5, 0.6) is 0 Å². The maximum Gasteiger partial charge on any atom is 0.171 e. The summed E-state index contributed by atoms with van der Waals surface area (Å²) in [5, 5.41) is 0. The predicted octanol–water partition coefficient (Wildman–Crippen LogP) is 11.5. The topological polar surface area (TPSA) is 0 Å². The van der Waals surface area contributed by atoms with Crippen molar-refractivity contribution in [1.29, 1.82) is 0 Å². The van der Waals surface area contributed by atoms with Crippen molar-refractivity contribution in [3.63, 3.8) is 0 Å². The van der Waals surface area contributed by atoms with E-state index in [0.717, 1.165) is 106 Å². The highest BCUT2D eigenvalue weighted by Crippen LogP contribution is 2.44. The summed E-state index contributed by atoms with van der Waals surface area (Å²) in [6.45, 7) is 4.25. The van der Waals surface area contributed by atoms with E-state index < -0.39 is 34.4 Å². The number of rotatable bonds is 12. The van der Waals surface area contributed by atoms with Gasteiger partial charge in [-0.3, -0.25) is 0 Å². The summed E-state index contributed by atoms with van der Waals surface area (Å²) in [5.41, 5.74) is 0.517. The molecule has 3 aromatic rings. The van der Waals surface area contributed by atoms with Crippen LogP contribution in [0.1, 0.15) is 76.3 Å². The number of hydrogen-bond donors (Lipinski definition) is 0. The predicted molar refractivity (Wildman–Crippen MR) is 144 cm³/mol. The van der Waals surface area contributed by atoms with Gasteiger partial charge in [0.25, 0.3) is 0 Å². The summed E-state index contributed by atoms with van der Waals surface area (Å²) in [7, 11) is 0. The second-order valence-electron chi connectivity index (χ2n) is 8.45. The lowest BCUT2D eigenvalue weighted by Gasteiger charge is -2.10. The molecule has 0 saturated heterocycles. The van der Waals surface area contributed by atoms with Crippen LogP contribution in [-0.2, 0) is 12.8 Å². The standard InChI is InChI=1S/C26H28Br2F4S2/c1-3-5-7-9-11-15-13-17(33-25(15)27)19-21(29)23(31)20(24(32)22(19)30)18-14-16(26(28)34-18)12-10-8-6-4-2/h13-14H,3-12H2,1-2H3. The van der Waals surface area contributed by atoms with E-state index in [1.165, 1.54) is 0 Å². The largest absolute Gasteiger partial charge is 0.203 e. The minimum absolute atomic E-state index is 0.181. The maximum absolute atomic E-state index is 15.2. The van der Waals surface area contributed by atoms with Gasteiger partial charge >= 0.3 is 0 Å². The fourth-order valence-corrected chi connectivity index (χ4v) is 7.56. The van der Waals surface area contributed by atoms with E-state index >= 15 is 17.6 Å². The zero-order chi connectivity index (χ0) is 24.8. The summed E-state index contributed by atoms with van der Waals surface area (Å²) in [5.74, 6) is -5.41. The van der Waals surface area contributed by atoms with Crippen molar-refractivity contribution in [2.24, 2.45) is 0 Å². The fraction of sp³-hybridized carbons (Fsp3) is 0.462. The van der Waals surface area contributed by atoms with Gasteiger partial charge in [-0.05, 0) is 80.8 Å². The average molecular weight is 640 g/mol. The summed E-state index contributed by atoms with van der Waals surface area (Å²) in [4.78, 5) is 0.362. The molecule has 0 aliphatic rings. The number of thiophene rings is 2. The van der Waals surface area contributed by atoms with Crippen molar-refractivity contribution in [3.8, 4) is 20.9 Å². The third kappa shape index (κ3) is 6.34. The fourth-order valence-electron chi connectivity index (χ4n) is 3.95. The van der Waals surface area contributed by atoms with Gasteiger partial charge in [-0.2, -0.15) is 0 Å². The van der Waals surface area contributed by atoms with Crippen LogP contribution in [0.3, 0.4) is 0 Å². The van der Waals surface area contributed by atoms with Crippen molar-refractivity contribution in [2.75, 3.05) is 0 Å². The highest BCUT2D eigenvalue weighted by Gasteiger charge is 2.29. The minimum Gasteiger partial charge on any atom is -0.203 e. The van der Waals surface area contributed by atoms with E-state index in [1.54, 1.807) is 12.1 Å². The van der Waals surface area contributed by atoms with Crippen molar-refractivity contribution < 1.29 is 17.6 Å². The number of benzene rings is 1. The van der Waals surface area contributed by atoms with Gasteiger partial charge in [0.1, 0.15) is 0 Å². The Morgan fingerprint density at radius 3 is 1.26 bits per heavy atom. The van der Waals surface area contributed by atoms with Crippen LogP contribution in [0.25, 0.3) is 20.9 Å². The molecule has 0 aliphatic heterocycles. The van der Waals surface area contributed by atoms with E-state index in [-0.39, 0.29) is 9.75 Å². The lowest BCUT2D eigenvalue weighted by atomic mass is 10.0. The van der Waals surface area contributed by atoms with Gasteiger partial charge < -0.3 is 0 Å². The smallest absolute Gasteiger partial charge is 0.171 e. The Bertz CT molecular complexity index is 1000.